The summed E-state index contributed by atoms with van der Waals surface area (Å²) in [4.78, 5) is 32.6. The molecule has 26 heavy (non-hydrogen) atoms. The molecule has 3 heterocycles. The van der Waals surface area contributed by atoms with Gasteiger partial charge in [-0.15, -0.1) is 0 Å². The van der Waals surface area contributed by atoms with Crippen LogP contribution in [-0.4, -0.2) is 26.3 Å². The Morgan fingerprint density at radius 1 is 1.27 bits per heavy atom. The summed E-state index contributed by atoms with van der Waals surface area (Å²) >= 11 is 0. The molecule has 1 aliphatic rings. The molecule has 2 amide bonds. The number of carbonyl (C=O) groups excluding carboxylic acids is 2. The van der Waals surface area contributed by atoms with Crippen LogP contribution in [0.2, 0.25) is 0 Å². The summed E-state index contributed by atoms with van der Waals surface area (Å²) in [6.45, 7) is 1.94. The van der Waals surface area contributed by atoms with Crippen molar-refractivity contribution in [1.29, 1.82) is 0 Å². The van der Waals surface area contributed by atoms with Crippen molar-refractivity contribution in [2.75, 3.05) is 5.32 Å². The molecule has 0 fully saturated rings. The molecule has 1 aliphatic heterocycles. The van der Waals surface area contributed by atoms with Crippen LogP contribution in [0.1, 0.15) is 40.9 Å². The second kappa shape index (κ2) is 6.25. The average Bonchev–Trinajstić information content (AvgIpc) is 3.01. The lowest BCUT2D eigenvalue weighted by atomic mass is 9.97. The summed E-state index contributed by atoms with van der Waals surface area (Å²) in [6, 6.07) is 7.44. The Morgan fingerprint density at radius 2 is 2.12 bits per heavy atom. The molecule has 0 radical (unpaired) electrons. The summed E-state index contributed by atoms with van der Waals surface area (Å²) < 4.78 is 1.81. The van der Waals surface area contributed by atoms with Crippen LogP contribution >= 0.6 is 0 Å². The number of aryl methyl sites for hydroxylation is 2. The van der Waals surface area contributed by atoms with Crippen LogP contribution in [0.5, 0.6) is 0 Å². The maximum absolute atomic E-state index is 12.6. The molecule has 7 heteroatoms. The van der Waals surface area contributed by atoms with Crippen molar-refractivity contribution >= 4 is 28.7 Å². The van der Waals surface area contributed by atoms with Crippen molar-refractivity contribution in [3.8, 4) is 0 Å². The lowest BCUT2D eigenvalue weighted by molar-refractivity contribution is -0.116. The van der Waals surface area contributed by atoms with Gasteiger partial charge in [0.2, 0.25) is 5.91 Å². The standard InChI is InChI=1S/C19H19N5O2/c1-11(12-3-5-15-13(7-12)4-6-17(25)23-15)22-19(26)14-8-16-18(20-9-14)24(2)10-21-16/h3,5,7-11H,4,6H2,1-2H3,(H,22,26)(H,23,25). The average molecular weight is 349 g/mol. The van der Waals surface area contributed by atoms with E-state index in [4.69, 9.17) is 0 Å². The molecule has 0 spiro atoms. The van der Waals surface area contributed by atoms with Gasteiger partial charge in [0.25, 0.3) is 5.91 Å². The maximum atomic E-state index is 12.6. The molecule has 0 saturated carbocycles. The van der Waals surface area contributed by atoms with Gasteiger partial charge in [0.1, 0.15) is 5.52 Å². The molecule has 132 valence electrons. The van der Waals surface area contributed by atoms with Crippen LogP contribution in [0.4, 0.5) is 5.69 Å². The van der Waals surface area contributed by atoms with Gasteiger partial charge in [-0.2, -0.15) is 0 Å². The predicted octanol–water partition coefficient (Wildman–Crippen LogP) is 2.34. The number of carbonyl (C=O) groups is 2. The SMILES string of the molecule is CC(NC(=O)c1cnc2c(c1)ncn2C)c1ccc2c(c1)CCC(=O)N2. The summed E-state index contributed by atoms with van der Waals surface area (Å²) in [7, 11) is 1.86. The van der Waals surface area contributed by atoms with Crippen molar-refractivity contribution in [1.82, 2.24) is 19.9 Å². The fourth-order valence-corrected chi connectivity index (χ4v) is 3.18. The Hall–Kier alpha value is -3.22. The highest BCUT2D eigenvalue weighted by Crippen LogP contribution is 2.26. The smallest absolute Gasteiger partial charge is 0.253 e. The molecule has 3 aromatic rings. The quantitative estimate of drug-likeness (QED) is 0.760. The van der Waals surface area contributed by atoms with Gasteiger partial charge in [0, 0.05) is 25.4 Å². The van der Waals surface area contributed by atoms with Crippen LogP contribution in [0, 0.1) is 0 Å². The van der Waals surface area contributed by atoms with E-state index < -0.39 is 0 Å². The normalized spacial score (nSPS) is 14.6. The third kappa shape index (κ3) is 2.92. The number of rotatable bonds is 3. The Labute approximate surface area is 150 Å². The highest BCUT2D eigenvalue weighted by molar-refractivity contribution is 5.96. The van der Waals surface area contributed by atoms with Crippen molar-refractivity contribution in [3.63, 3.8) is 0 Å². The van der Waals surface area contributed by atoms with Crippen LogP contribution in [-0.2, 0) is 18.3 Å². The predicted molar refractivity (Wildman–Crippen MR) is 97.8 cm³/mol. The zero-order valence-corrected chi connectivity index (χ0v) is 14.6. The Kier molecular flexibility index (Phi) is 3.91. The molecule has 7 nitrogen and oxygen atoms in total. The van der Waals surface area contributed by atoms with Crippen LogP contribution < -0.4 is 10.6 Å². The number of nitrogens with zero attached hydrogens (tertiary/aromatic N) is 3. The number of anilines is 1. The van der Waals surface area contributed by atoms with E-state index in [0.29, 0.717) is 17.5 Å². The van der Waals surface area contributed by atoms with Crippen LogP contribution in [0.25, 0.3) is 11.2 Å². The van der Waals surface area contributed by atoms with Gasteiger partial charge in [-0.05, 0) is 36.6 Å². The Morgan fingerprint density at radius 3 is 2.96 bits per heavy atom. The minimum absolute atomic E-state index is 0.0454. The highest BCUT2D eigenvalue weighted by Gasteiger charge is 2.18. The topological polar surface area (TPSA) is 88.9 Å². The molecule has 1 unspecified atom stereocenters. The van der Waals surface area contributed by atoms with E-state index >= 15 is 0 Å². The van der Waals surface area contributed by atoms with E-state index in [1.54, 1.807) is 18.6 Å². The van der Waals surface area contributed by atoms with Gasteiger partial charge in [0.05, 0.1) is 17.9 Å². The molecule has 0 saturated heterocycles. The number of hydrogen-bond donors (Lipinski definition) is 2. The largest absolute Gasteiger partial charge is 0.345 e. The second-order valence-electron chi connectivity index (χ2n) is 6.58. The first-order valence-corrected chi connectivity index (χ1v) is 8.52. The van der Waals surface area contributed by atoms with Gasteiger partial charge in [0.15, 0.2) is 5.65 Å². The first kappa shape index (κ1) is 16.3. The number of amides is 2. The van der Waals surface area contributed by atoms with E-state index in [1.165, 1.54) is 0 Å². The van der Waals surface area contributed by atoms with E-state index in [9.17, 15) is 9.59 Å². The lowest BCUT2D eigenvalue weighted by Crippen LogP contribution is -2.27. The fraction of sp³-hybridized carbons (Fsp3) is 0.263. The first-order valence-electron chi connectivity index (χ1n) is 8.52. The highest BCUT2D eigenvalue weighted by atomic mass is 16.2. The van der Waals surface area contributed by atoms with Gasteiger partial charge < -0.3 is 15.2 Å². The number of hydrogen-bond acceptors (Lipinski definition) is 4. The summed E-state index contributed by atoms with van der Waals surface area (Å²) in [5, 5.41) is 5.87. The fourth-order valence-electron chi connectivity index (χ4n) is 3.18. The van der Waals surface area contributed by atoms with E-state index in [-0.39, 0.29) is 17.9 Å². The maximum Gasteiger partial charge on any atom is 0.253 e. The van der Waals surface area contributed by atoms with Crippen LogP contribution in [0.3, 0.4) is 0 Å². The molecule has 4 rings (SSSR count). The van der Waals surface area contributed by atoms with Gasteiger partial charge in [-0.25, -0.2) is 9.97 Å². The number of nitrogens with one attached hydrogen (secondary N) is 2. The second-order valence-corrected chi connectivity index (χ2v) is 6.58. The Bertz CT molecular complexity index is 1020. The zero-order valence-electron chi connectivity index (χ0n) is 14.6. The monoisotopic (exact) mass is 349 g/mol. The lowest BCUT2D eigenvalue weighted by Gasteiger charge is -2.20. The van der Waals surface area contributed by atoms with Gasteiger partial charge >= 0.3 is 0 Å². The molecular formula is C19H19N5O2. The third-order valence-corrected chi connectivity index (χ3v) is 4.69. The summed E-state index contributed by atoms with van der Waals surface area (Å²) in [5.41, 5.74) is 4.87. The third-order valence-electron chi connectivity index (χ3n) is 4.69. The van der Waals surface area contributed by atoms with Crippen molar-refractivity contribution in [2.45, 2.75) is 25.8 Å². The van der Waals surface area contributed by atoms with Crippen molar-refractivity contribution < 1.29 is 9.59 Å². The molecule has 1 aromatic carbocycles. The minimum atomic E-state index is -0.191. The summed E-state index contributed by atoms with van der Waals surface area (Å²) in [6.07, 6.45) is 4.45. The minimum Gasteiger partial charge on any atom is -0.345 e. The zero-order chi connectivity index (χ0) is 18.3. The van der Waals surface area contributed by atoms with E-state index in [0.717, 1.165) is 28.9 Å². The number of aromatic nitrogens is 3. The Balaban J connectivity index is 1.52. The van der Waals surface area contributed by atoms with Crippen LogP contribution in [0.15, 0.2) is 36.8 Å². The molecule has 2 aromatic heterocycles. The number of fused-ring (bicyclic) bond motifs is 2. The van der Waals surface area contributed by atoms with Gasteiger partial charge in [-0.1, -0.05) is 12.1 Å². The number of pyridine rings is 1. The van der Waals surface area contributed by atoms with Crippen molar-refractivity contribution in [3.05, 3.63) is 53.5 Å². The van der Waals surface area contributed by atoms with E-state index in [2.05, 4.69) is 20.6 Å². The summed E-state index contributed by atoms with van der Waals surface area (Å²) in [5.74, 6) is -0.146. The molecule has 1 atom stereocenters. The van der Waals surface area contributed by atoms with Gasteiger partial charge in [-0.3, -0.25) is 9.59 Å². The molecule has 0 aliphatic carbocycles. The molecule has 2 N–H and O–H groups in total. The molecule has 0 bridgehead atoms. The number of imidazole rings is 1. The van der Waals surface area contributed by atoms with Crippen molar-refractivity contribution in [2.24, 2.45) is 7.05 Å². The first-order chi connectivity index (χ1) is 12.5. The van der Waals surface area contributed by atoms with E-state index in [1.807, 2.05) is 36.7 Å². The molecular weight excluding hydrogens is 330 g/mol. The number of benzene rings is 1.